The molecule has 1 aromatic rings. The molecule has 6 nitrogen and oxygen atoms in total. The van der Waals surface area contributed by atoms with Crippen molar-refractivity contribution in [2.75, 3.05) is 24.7 Å². The smallest absolute Gasteiger partial charge is 0.244 e. The Hall–Kier alpha value is -2.02. The highest BCUT2D eigenvalue weighted by atomic mass is 32.2. The van der Waals surface area contributed by atoms with E-state index >= 15 is 0 Å². The Bertz CT molecular complexity index is 711. The Balaban J connectivity index is 1.60. The van der Waals surface area contributed by atoms with Gasteiger partial charge in [-0.3, -0.25) is 4.79 Å². The Kier molecular flexibility index (Phi) is 4.06. The summed E-state index contributed by atoms with van der Waals surface area (Å²) in [7, 11) is -2.99. The van der Waals surface area contributed by atoms with Crippen LogP contribution in [0.5, 0.6) is 11.5 Å². The lowest BCUT2D eigenvalue weighted by molar-refractivity contribution is -0.116. The molecule has 7 heteroatoms. The number of hydrogen-bond acceptors (Lipinski definition) is 5. The van der Waals surface area contributed by atoms with Gasteiger partial charge in [0.15, 0.2) is 21.3 Å². The van der Waals surface area contributed by atoms with Crippen molar-refractivity contribution in [3.05, 3.63) is 29.8 Å². The molecule has 118 valence electrons. The molecular formula is C15H17NO5S. The van der Waals surface area contributed by atoms with Crippen LogP contribution in [0.4, 0.5) is 0 Å². The van der Waals surface area contributed by atoms with Gasteiger partial charge in [0, 0.05) is 12.1 Å². The fourth-order valence-electron chi connectivity index (χ4n) is 2.49. The van der Waals surface area contributed by atoms with Crippen molar-refractivity contribution in [1.29, 1.82) is 0 Å². The van der Waals surface area contributed by atoms with E-state index in [9.17, 15) is 13.2 Å². The van der Waals surface area contributed by atoms with Gasteiger partial charge in [0.25, 0.3) is 0 Å². The van der Waals surface area contributed by atoms with Crippen LogP contribution in [0.25, 0.3) is 6.08 Å². The van der Waals surface area contributed by atoms with E-state index < -0.39 is 9.84 Å². The van der Waals surface area contributed by atoms with Gasteiger partial charge >= 0.3 is 0 Å². The summed E-state index contributed by atoms with van der Waals surface area (Å²) in [4.78, 5) is 11.8. The van der Waals surface area contributed by atoms with Crippen molar-refractivity contribution < 1.29 is 22.7 Å². The largest absolute Gasteiger partial charge is 0.486 e. The lowest BCUT2D eigenvalue weighted by Crippen LogP contribution is -2.34. The average molecular weight is 323 g/mol. The van der Waals surface area contributed by atoms with Gasteiger partial charge in [-0.15, -0.1) is 0 Å². The van der Waals surface area contributed by atoms with Crippen molar-refractivity contribution in [1.82, 2.24) is 5.32 Å². The van der Waals surface area contributed by atoms with Crippen molar-refractivity contribution in [2.24, 2.45) is 0 Å². The third-order valence-electron chi connectivity index (χ3n) is 3.57. The maximum Gasteiger partial charge on any atom is 0.244 e. The maximum absolute atomic E-state index is 11.8. The first-order valence-corrected chi connectivity index (χ1v) is 8.93. The lowest BCUT2D eigenvalue weighted by atomic mass is 10.1. The van der Waals surface area contributed by atoms with Crippen molar-refractivity contribution >= 4 is 21.8 Å². The van der Waals surface area contributed by atoms with Gasteiger partial charge in [-0.1, -0.05) is 6.07 Å². The normalized spacial score (nSPS) is 22.6. The molecule has 0 saturated carbocycles. The van der Waals surface area contributed by atoms with Crippen LogP contribution < -0.4 is 14.8 Å². The second kappa shape index (κ2) is 6.00. The molecular weight excluding hydrogens is 306 g/mol. The quantitative estimate of drug-likeness (QED) is 0.831. The van der Waals surface area contributed by atoms with E-state index in [1.54, 1.807) is 18.2 Å². The summed E-state index contributed by atoms with van der Waals surface area (Å²) < 4.78 is 33.6. The molecule has 1 N–H and O–H groups in total. The minimum atomic E-state index is -2.99. The van der Waals surface area contributed by atoms with Crippen LogP contribution in [0, 0.1) is 0 Å². The first kappa shape index (κ1) is 14.9. The summed E-state index contributed by atoms with van der Waals surface area (Å²) >= 11 is 0. The number of ether oxygens (including phenoxy) is 2. The van der Waals surface area contributed by atoms with E-state index in [0.717, 1.165) is 5.56 Å². The van der Waals surface area contributed by atoms with Gasteiger partial charge in [0.1, 0.15) is 13.2 Å². The SMILES string of the molecule is O=C(/C=C/c1ccc2c(c1)OCCO2)N[C@@H]1CCS(=O)(=O)C1. The molecule has 2 aliphatic rings. The zero-order chi connectivity index (χ0) is 15.6. The fraction of sp³-hybridized carbons (Fsp3) is 0.400. The van der Waals surface area contributed by atoms with E-state index in [1.807, 2.05) is 6.07 Å². The third kappa shape index (κ3) is 3.59. The number of amides is 1. The molecule has 2 aliphatic heterocycles. The highest BCUT2D eigenvalue weighted by Crippen LogP contribution is 2.31. The molecule has 0 radical (unpaired) electrons. The summed E-state index contributed by atoms with van der Waals surface area (Å²) in [6, 6.07) is 5.15. The molecule has 1 aromatic carbocycles. The number of rotatable bonds is 3. The summed E-state index contributed by atoms with van der Waals surface area (Å²) in [5, 5.41) is 2.71. The minimum absolute atomic E-state index is 0.0244. The van der Waals surface area contributed by atoms with E-state index in [1.165, 1.54) is 6.08 Å². The van der Waals surface area contributed by atoms with Crippen LogP contribution >= 0.6 is 0 Å². The summed E-state index contributed by atoms with van der Waals surface area (Å²) in [6.45, 7) is 1.05. The lowest BCUT2D eigenvalue weighted by Gasteiger charge is -2.18. The predicted molar refractivity (Wildman–Crippen MR) is 81.7 cm³/mol. The first-order chi connectivity index (χ1) is 10.5. The molecule has 0 spiro atoms. The zero-order valence-corrected chi connectivity index (χ0v) is 12.8. The summed E-state index contributed by atoms with van der Waals surface area (Å²) in [6.07, 6.45) is 3.54. The fourth-order valence-corrected chi connectivity index (χ4v) is 4.17. The number of nitrogens with one attached hydrogen (secondary N) is 1. The van der Waals surface area contributed by atoms with E-state index in [2.05, 4.69) is 5.32 Å². The van der Waals surface area contributed by atoms with Gasteiger partial charge in [-0.25, -0.2) is 8.42 Å². The van der Waals surface area contributed by atoms with Crippen molar-refractivity contribution in [3.63, 3.8) is 0 Å². The number of fused-ring (bicyclic) bond motifs is 1. The maximum atomic E-state index is 11.8. The van der Waals surface area contributed by atoms with Gasteiger partial charge in [0.2, 0.25) is 5.91 Å². The van der Waals surface area contributed by atoms with Crippen molar-refractivity contribution in [2.45, 2.75) is 12.5 Å². The van der Waals surface area contributed by atoms with E-state index in [0.29, 0.717) is 31.1 Å². The molecule has 1 fully saturated rings. The van der Waals surface area contributed by atoms with E-state index in [4.69, 9.17) is 9.47 Å². The molecule has 0 aliphatic carbocycles. The third-order valence-corrected chi connectivity index (χ3v) is 5.34. The van der Waals surface area contributed by atoms with Gasteiger partial charge in [0.05, 0.1) is 11.5 Å². The number of hydrogen-bond donors (Lipinski definition) is 1. The van der Waals surface area contributed by atoms with Crippen LogP contribution in [0.2, 0.25) is 0 Å². The minimum Gasteiger partial charge on any atom is -0.486 e. The van der Waals surface area contributed by atoms with Crippen molar-refractivity contribution in [3.8, 4) is 11.5 Å². The zero-order valence-electron chi connectivity index (χ0n) is 11.9. The monoisotopic (exact) mass is 323 g/mol. The number of carbonyl (C=O) groups is 1. The molecule has 0 aromatic heterocycles. The standard InChI is InChI=1S/C15H17NO5S/c17-15(16-12-5-8-22(18,19)10-12)4-2-11-1-3-13-14(9-11)21-7-6-20-13/h1-4,9,12H,5-8,10H2,(H,16,17)/b4-2+/t12-/m1/s1. The number of carbonyl (C=O) groups excluding carboxylic acids is 1. The van der Waals surface area contributed by atoms with Gasteiger partial charge < -0.3 is 14.8 Å². The number of sulfone groups is 1. The van der Waals surface area contributed by atoms with Gasteiger partial charge in [-0.05, 0) is 30.2 Å². The molecule has 22 heavy (non-hydrogen) atoms. The van der Waals surface area contributed by atoms with E-state index in [-0.39, 0.29) is 23.5 Å². The Morgan fingerprint density at radius 2 is 2.00 bits per heavy atom. The first-order valence-electron chi connectivity index (χ1n) is 7.10. The predicted octanol–water partition coefficient (Wildman–Crippen LogP) is 0.774. The average Bonchev–Trinajstić information content (AvgIpc) is 2.84. The van der Waals surface area contributed by atoms with Crippen LogP contribution in [0.1, 0.15) is 12.0 Å². The summed E-state index contributed by atoms with van der Waals surface area (Å²) in [5.41, 5.74) is 0.818. The molecule has 1 saturated heterocycles. The molecule has 3 rings (SSSR count). The molecule has 0 bridgehead atoms. The molecule has 2 heterocycles. The summed E-state index contributed by atoms with van der Waals surface area (Å²) in [5.74, 6) is 1.23. The number of benzene rings is 1. The second-order valence-corrected chi connectivity index (χ2v) is 7.57. The topological polar surface area (TPSA) is 81.7 Å². The highest BCUT2D eigenvalue weighted by molar-refractivity contribution is 7.91. The molecule has 1 amide bonds. The van der Waals surface area contributed by atoms with Crippen LogP contribution in [0.15, 0.2) is 24.3 Å². The Morgan fingerprint density at radius 3 is 2.73 bits per heavy atom. The Morgan fingerprint density at radius 1 is 1.23 bits per heavy atom. The molecule has 0 unspecified atom stereocenters. The second-order valence-electron chi connectivity index (χ2n) is 5.34. The van der Waals surface area contributed by atoms with Crippen LogP contribution in [-0.4, -0.2) is 45.1 Å². The Labute approximate surface area is 129 Å². The van der Waals surface area contributed by atoms with Crippen LogP contribution in [-0.2, 0) is 14.6 Å². The molecule has 1 atom stereocenters. The van der Waals surface area contributed by atoms with Gasteiger partial charge in [-0.2, -0.15) is 0 Å². The van der Waals surface area contributed by atoms with Crippen LogP contribution in [0.3, 0.4) is 0 Å². The highest BCUT2D eigenvalue weighted by Gasteiger charge is 2.28.